The Hall–Kier alpha value is -1.03. The Morgan fingerprint density at radius 1 is 1.67 bits per heavy atom. The van der Waals surface area contributed by atoms with Gasteiger partial charge in [0.25, 0.3) is 0 Å². The van der Waals surface area contributed by atoms with Crippen LogP contribution in [-0.2, 0) is 9.53 Å². The number of nitrogens with zero attached hydrogens (tertiary/aromatic N) is 2. The van der Waals surface area contributed by atoms with Crippen LogP contribution in [-0.4, -0.2) is 22.4 Å². The first-order chi connectivity index (χ1) is 7.10. The monoisotopic (exact) mass is 230 g/mol. The lowest BCUT2D eigenvalue weighted by atomic mass is 10.2. The summed E-state index contributed by atoms with van der Waals surface area (Å²) in [5.74, 6) is -0.265. The molecule has 0 spiro atoms. The van der Waals surface area contributed by atoms with E-state index in [0.29, 0.717) is 18.1 Å². The quantitative estimate of drug-likeness (QED) is 0.746. The number of carbonyl (C=O) groups excluding carboxylic acids is 1. The summed E-state index contributed by atoms with van der Waals surface area (Å²) in [7, 11) is 0. The van der Waals surface area contributed by atoms with E-state index >= 15 is 0 Å². The van der Waals surface area contributed by atoms with Gasteiger partial charge in [0.1, 0.15) is 6.04 Å². The number of hydrogen-bond donors (Lipinski definition) is 0. The van der Waals surface area contributed by atoms with E-state index < -0.39 is 0 Å². The Morgan fingerprint density at radius 2 is 2.33 bits per heavy atom. The minimum absolute atomic E-state index is 0.265. The van der Waals surface area contributed by atoms with E-state index in [9.17, 15) is 4.79 Å². The molecule has 1 heterocycles. The van der Waals surface area contributed by atoms with Gasteiger partial charge >= 0.3 is 5.97 Å². The fraction of sp³-hybridized carbons (Fsp3) is 0.600. The highest BCUT2D eigenvalue weighted by molar-refractivity contribution is 6.31. The number of ether oxygens (including phenoxy) is 1. The Balaban J connectivity index is 2.87. The van der Waals surface area contributed by atoms with Crippen molar-refractivity contribution in [1.29, 1.82) is 0 Å². The van der Waals surface area contributed by atoms with Gasteiger partial charge in [-0.05, 0) is 20.3 Å². The second-order valence-corrected chi connectivity index (χ2v) is 3.63. The van der Waals surface area contributed by atoms with Gasteiger partial charge in [0.05, 0.1) is 17.3 Å². The predicted molar refractivity (Wildman–Crippen MR) is 57.9 cm³/mol. The average molecular weight is 231 g/mol. The molecule has 4 nitrogen and oxygen atoms in total. The number of rotatable bonds is 4. The molecule has 1 aromatic rings. The lowest BCUT2D eigenvalue weighted by molar-refractivity contribution is -0.147. The average Bonchev–Trinajstić information content (AvgIpc) is 2.48. The predicted octanol–water partition coefficient (Wildman–Crippen LogP) is 2.36. The van der Waals surface area contributed by atoms with Crippen LogP contribution >= 0.6 is 11.6 Å². The van der Waals surface area contributed by atoms with Crippen LogP contribution < -0.4 is 0 Å². The first-order valence-corrected chi connectivity index (χ1v) is 5.35. The molecule has 1 atom stereocenters. The van der Waals surface area contributed by atoms with Crippen molar-refractivity contribution in [2.75, 3.05) is 6.61 Å². The van der Waals surface area contributed by atoms with E-state index in [1.54, 1.807) is 24.7 Å². The minimum Gasteiger partial charge on any atom is -0.464 e. The second-order valence-electron chi connectivity index (χ2n) is 3.22. The summed E-state index contributed by atoms with van der Waals surface area (Å²) in [4.78, 5) is 11.6. The van der Waals surface area contributed by atoms with Gasteiger partial charge in [-0.2, -0.15) is 5.10 Å². The van der Waals surface area contributed by atoms with Gasteiger partial charge in [-0.15, -0.1) is 0 Å². The highest BCUT2D eigenvalue weighted by Gasteiger charge is 2.21. The van der Waals surface area contributed by atoms with Crippen LogP contribution in [0.2, 0.25) is 5.02 Å². The van der Waals surface area contributed by atoms with Crippen LogP contribution in [0.5, 0.6) is 0 Å². The third-order valence-corrected chi connectivity index (χ3v) is 2.49. The number of aryl methyl sites for hydroxylation is 1. The number of hydrogen-bond acceptors (Lipinski definition) is 3. The number of aromatic nitrogens is 2. The lowest BCUT2D eigenvalue weighted by Gasteiger charge is -2.13. The molecule has 1 aromatic heterocycles. The first-order valence-electron chi connectivity index (χ1n) is 4.98. The molecule has 0 N–H and O–H groups in total. The van der Waals surface area contributed by atoms with E-state index in [2.05, 4.69) is 5.10 Å². The molecule has 0 amide bonds. The molecule has 0 aromatic carbocycles. The van der Waals surface area contributed by atoms with Crippen LogP contribution in [0.4, 0.5) is 0 Å². The molecule has 15 heavy (non-hydrogen) atoms. The minimum atomic E-state index is -0.379. The molecule has 0 saturated carbocycles. The summed E-state index contributed by atoms with van der Waals surface area (Å²) in [5.41, 5.74) is 0.722. The highest BCUT2D eigenvalue weighted by Crippen LogP contribution is 2.18. The Labute approximate surface area is 94.2 Å². The highest BCUT2D eigenvalue weighted by atomic mass is 35.5. The number of esters is 1. The fourth-order valence-electron chi connectivity index (χ4n) is 1.32. The first kappa shape index (κ1) is 12.0. The maximum atomic E-state index is 11.6. The summed E-state index contributed by atoms with van der Waals surface area (Å²) in [5, 5.41) is 4.74. The van der Waals surface area contributed by atoms with Gasteiger partial charge in [-0.3, -0.25) is 4.68 Å². The molecule has 0 aliphatic carbocycles. The smallest absolute Gasteiger partial charge is 0.330 e. The van der Waals surface area contributed by atoms with Crippen LogP contribution in [0, 0.1) is 6.92 Å². The summed E-state index contributed by atoms with van der Waals surface area (Å²) in [6.07, 6.45) is 2.29. The van der Waals surface area contributed by atoms with Crippen molar-refractivity contribution >= 4 is 17.6 Å². The lowest BCUT2D eigenvalue weighted by Crippen LogP contribution is -2.21. The van der Waals surface area contributed by atoms with Gasteiger partial charge < -0.3 is 4.74 Å². The molecule has 0 saturated heterocycles. The molecule has 5 heteroatoms. The van der Waals surface area contributed by atoms with Gasteiger partial charge in [0.15, 0.2) is 0 Å². The molecule has 1 unspecified atom stereocenters. The zero-order valence-corrected chi connectivity index (χ0v) is 9.91. The molecule has 0 fully saturated rings. The molecular weight excluding hydrogens is 216 g/mol. The van der Waals surface area contributed by atoms with Crippen LogP contribution in [0.25, 0.3) is 0 Å². The fourth-order valence-corrected chi connectivity index (χ4v) is 1.46. The molecule has 0 radical (unpaired) electrons. The molecular formula is C10H15ClN2O2. The summed E-state index contributed by atoms with van der Waals surface area (Å²) in [6, 6.07) is -0.379. The van der Waals surface area contributed by atoms with Crippen LogP contribution in [0.3, 0.4) is 0 Å². The Bertz CT molecular complexity index is 330. The molecule has 84 valence electrons. The van der Waals surface area contributed by atoms with Gasteiger partial charge in [-0.25, -0.2) is 4.79 Å². The maximum Gasteiger partial charge on any atom is 0.330 e. The van der Waals surface area contributed by atoms with Gasteiger partial charge in [-0.1, -0.05) is 18.5 Å². The van der Waals surface area contributed by atoms with E-state index in [1.807, 2.05) is 6.92 Å². The Kier molecular flexibility index (Phi) is 4.15. The van der Waals surface area contributed by atoms with Crippen LogP contribution in [0.1, 0.15) is 32.0 Å². The van der Waals surface area contributed by atoms with E-state index in [-0.39, 0.29) is 12.0 Å². The summed E-state index contributed by atoms with van der Waals surface area (Å²) >= 11 is 5.88. The third kappa shape index (κ3) is 2.72. The number of carbonyl (C=O) groups is 1. The zero-order chi connectivity index (χ0) is 11.4. The topological polar surface area (TPSA) is 44.1 Å². The summed E-state index contributed by atoms with van der Waals surface area (Å²) in [6.45, 7) is 5.87. The van der Waals surface area contributed by atoms with E-state index in [4.69, 9.17) is 16.3 Å². The Morgan fingerprint density at radius 3 is 2.73 bits per heavy atom. The largest absolute Gasteiger partial charge is 0.464 e. The van der Waals surface area contributed by atoms with Crippen LogP contribution in [0.15, 0.2) is 6.20 Å². The van der Waals surface area contributed by atoms with Gasteiger partial charge in [0, 0.05) is 6.20 Å². The molecule has 1 rings (SSSR count). The van der Waals surface area contributed by atoms with Crippen molar-refractivity contribution in [2.45, 2.75) is 33.2 Å². The van der Waals surface area contributed by atoms with Gasteiger partial charge in [0.2, 0.25) is 0 Å². The molecule has 0 bridgehead atoms. The van der Waals surface area contributed by atoms with E-state index in [1.165, 1.54) is 0 Å². The van der Waals surface area contributed by atoms with Crippen molar-refractivity contribution in [3.05, 3.63) is 16.9 Å². The van der Waals surface area contributed by atoms with Crippen molar-refractivity contribution in [3.8, 4) is 0 Å². The standard InChI is InChI=1S/C10H15ClN2O2/c1-4-9(10(14)15-5-2)13-6-8(11)7(3)12-13/h6,9H,4-5H2,1-3H3. The summed E-state index contributed by atoms with van der Waals surface area (Å²) < 4.78 is 6.52. The zero-order valence-electron chi connectivity index (χ0n) is 9.16. The van der Waals surface area contributed by atoms with Crippen molar-refractivity contribution in [2.24, 2.45) is 0 Å². The maximum absolute atomic E-state index is 11.6. The third-order valence-electron chi connectivity index (χ3n) is 2.12. The van der Waals surface area contributed by atoms with Crippen molar-refractivity contribution in [3.63, 3.8) is 0 Å². The van der Waals surface area contributed by atoms with Crippen molar-refractivity contribution < 1.29 is 9.53 Å². The van der Waals surface area contributed by atoms with E-state index in [0.717, 1.165) is 5.69 Å². The number of halogens is 1. The second kappa shape index (κ2) is 5.16. The normalized spacial score (nSPS) is 12.5. The molecule has 0 aliphatic heterocycles. The molecule has 0 aliphatic rings. The SMILES string of the molecule is CCOC(=O)C(CC)n1cc(Cl)c(C)n1. The van der Waals surface area contributed by atoms with Crippen molar-refractivity contribution in [1.82, 2.24) is 9.78 Å².